The van der Waals surface area contributed by atoms with Crippen LogP contribution < -0.4 is 5.11 Å². The molecule has 7 heteroatoms. The van der Waals surface area contributed by atoms with E-state index in [-0.39, 0.29) is 11.4 Å². The Kier molecular flexibility index (Phi) is 3.26. The fraction of sp³-hybridized carbons (Fsp3) is 0. The zero-order valence-electron chi connectivity index (χ0n) is 10.4. The summed E-state index contributed by atoms with van der Waals surface area (Å²) < 4.78 is 27.7. The fourth-order valence-corrected chi connectivity index (χ4v) is 2.59. The topological polar surface area (TPSA) is 57.9 Å². The molecule has 3 aromatic rings. The number of benzene rings is 1. The molecule has 0 fully saturated rings. The van der Waals surface area contributed by atoms with Crippen molar-refractivity contribution in [1.82, 2.24) is 9.78 Å². The van der Waals surface area contributed by atoms with Crippen molar-refractivity contribution >= 4 is 17.3 Å². The number of carboxylic acid groups (broad SMARTS) is 1. The molecular weight excluding hydrogens is 298 g/mol. The summed E-state index contributed by atoms with van der Waals surface area (Å²) in [5.74, 6) is -3.15. The van der Waals surface area contributed by atoms with Crippen LogP contribution in [0, 0.1) is 11.6 Å². The molecule has 4 nitrogen and oxygen atoms in total. The van der Waals surface area contributed by atoms with Crippen LogP contribution in [0.3, 0.4) is 0 Å². The molecule has 0 aliphatic carbocycles. The Balaban J connectivity index is 2.19. The molecule has 0 aliphatic heterocycles. The van der Waals surface area contributed by atoms with E-state index < -0.39 is 17.6 Å². The number of aromatic nitrogens is 2. The first-order chi connectivity index (χ1) is 10.1. The van der Waals surface area contributed by atoms with E-state index in [1.807, 2.05) is 5.38 Å². The Morgan fingerprint density at radius 1 is 1.24 bits per heavy atom. The van der Waals surface area contributed by atoms with Gasteiger partial charge in [0.15, 0.2) is 5.82 Å². The van der Waals surface area contributed by atoms with E-state index in [1.54, 1.807) is 12.1 Å². The number of hydrogen-bond donors (Lipinski definition) is 0. The van der Waals surface area contributed by atoms with Crippen LogP contribution in [0.4, 0.5) is 8.78 Å². The Labute approximate surface area is 121 Å². The molecule has 2 aromatic heterocycles. The van der Waals surface area contributed by atoms with E-state index in [9.17, 15) is 18.7 Å². The molecule has 3 rings (SSSR count). The maximum Gasteiger partial charge on any atom is 0.151 e. The van der Waals surface area contributed by atoms with Crippen molar-refractivity contribution in [1.29, 1.82) is 0 Å². The summed E-state index contributed by atoms with van der Waals surface area (Å²) in [6, 6.07) is 7.67. The Morgan fingerprint density at radius 3 is 2.67 bits per heavy atom. The van der Waals surface area contributed by atoms with Crippen molar-refractivity contribution in [3.05, 3.63) is 59.1 Å². The zero-order valence-corrected chi connectivity index (χ0v) is 11.2. The molecule has 0 amide bonds. The lowest BCUT2D eigenvalue weighted by Crippen LogP contribution is -2.25. The molecule has 0 spiro atoms. The lowest BCUT2D eigenvalue weighted by Gasteiger charge is -2.08. The minimum Gasteiger partial charge on any atom is -0.543 e. The maximum absolute atomic E-state index is 13.8. The van der Waals surface area contributed by atoms with E-state index >= 15 is 0 Å². The van der Waals surface area contributed by atoms with Gasteiger partial charge >= 0.3 is 0 Å². The monoisotopic (exact) mass is 305 g/mol. The first-order valence-corrected chi connectivity index (χ1v) is 6.75. The van der Waals surface area contributed by atoms with E-state index in [0.29, 0.717) is 11.8 Å². The lowest BCUT2D eigenvalue weighted by atomic mass is 10.3. The molecule has 1 aromatic carbocycles. The smallest absolute Gasteiger partial charge is 0.151 e. The van der Waals surface area contributed by atoms with Gasteiger partial charge in [0.05, 0.1) is 16.5 Å². The lowest BCUT2D eigenvalue weighted by molar-refractivity contribution is -0.255. The zero-order chi connectivity index (χ0) is 15.0. The number of hydrogen-bond acceptors (Lipinski definition) is 4. The fourth-order valence-electron chi connectivity index (χ4n) is 1.91. The number of carbonyl (C=O) groups excluding carboxylic acids is 1. The number of carbonyl (C=O) groups is 1. The molecule has 0 unspecified atom stereocenters. The predicted octanol–water partition coefficient (Wildman–Crippen LogP) is 2.24. The number of nitrogens with zero attached hydrogens (tertiary/aromatic N) is 2. The quantitative estimate of drug-likeness (QED) is 0.745. The molecular formula is C14H7F2N2O2S-. The third kappa shape index (κ3) is 2.43. The highest BCUT2D eigenvalue weighted by Gasteiger charge is 2.15. The van der Waals surface area contributed by atoms with Gasteiger partial charge in [-0.05, 0) is 29.6 Å². The number of rotatable bonds is 3. The summed E-state index contributed by atoms with van der Waals surface area (Å²) in [4.78, 5) is 11.9. The average Bonchev–Trinajstić information content (AvgIpc) is 3.07. The Morgan fingerprint density at radius 2 is 2.05 bits per heavy atom. The summed E-state index contributed by atoms with van der Waals surface area (Å²) in [5, 5.41) is 17.1. The molecule has 0 saturated heterocycles. The van der Waals surface area contributed by atoms with Gasteiger partial charge in [-0.3, -0.25) is 0 Å². The first-order valence-electron chi connectivity index (χ1n) is 5.87. The van der Waals surface area contributed by atoms with Crippen LogP contribution in [0.25, 0.3) is 16.3 Å². The second-order valence-electron chi connectivity index (χ2n) is 4.19. The largest absolute Gasteiger partial charge is 0.543 e. The standard InChI is InChI=1S/C14H8F2N2O2S/c15-8-3-4-11(9(16)6-8)18-12(14(19)20)7-10(17-18)13-2-1-5-21-13/h1-7H,(H,19,20)/p-1. The third-order valence-electron chi connectivity index (χ3n) is 2.83. The average molecular weight is 305 g/mol. The van der Waals surface area contributed by atoms with Gasteiger partial charge in [-0.1, -0.05) is 6.07 Å². The molecule has 21 heavy (non-hydrogen) atoms. The number of aromatic carboxylic acids is 1. The summed E-state index contributed by atoms with van der Waals surface area (Å²) in [6.45, 7) is 0. The van der Waals surface area contributed by atoms with E-state index in [4.69, 9.17) is 0 Å². The predicted molar refractivity (Wildman–Crippen MR) is 71.1 cm³/mol. The van der Waals surface area contributed by atoms with Gasteiger partial charge < -0.3 is 9.90 Å². The molecule has 0 bridgehead atoms. The molecule has 0 N–H and O–H groups in total. The Hall–Kier alpha value is -2.54. The number of carboxylic acids is 1. The van der Waals surface area contributed by atoms with E-state index in [0.717, 1.165) is 21.7 Å². The van der Waals surface area contributed by atoms with Crippen LogP contribution in [0.2, 0.25) is 0 Å². The van der Waals surface area contributed by atoms with Crippen LogP contribution in [0.5, 0.6) is 0 Å². The third-order valence-corrected chi connectivity index (χ3v) is 3.72. The van der Waals surface area contributed by atoms with Crippen molar-refractivity contribution in [3.63, 3.8) is 0 Å². The van der Waals surface area contributed by atoms with Gasteiger partial charge in [0.25, 0.3) is 0 Å². The van der Waals surface area contributed by atoms with Gasteiger partial charge in [0.1, 0.15) is 17.2 Å². The van der Waals surface area contributed by atoms with Gasteiger partial charge in [-0.2, -0.15) is 5.10 Å². The van der Waals surface area contributed by atoms with Crippen LogP contribution in [-0.4, -0.2) is 15.7 Å². The highest BCUT2D eigenvalue weighted by molar-refractivity contribution is 7.13. The SMILES string of the molecule is O=C([O-])c1cc(-c2cccs2)nn1-c1ccc(F)cc1F. The second-order valence-corrected chi connectivity index (χ2v) is 5.13. The van der Waals surface area contributed by atoms with Gasteiger partial charge in [-0.25, -0.2) is 13.5 Å². The Bertz CT molecular complexity index is 813. The minimum absolute atomic E-state index is 0.154. The van der Waals surface area contributed by atoms with Crippen LogP contribution in [-0.2, 0) is 0 Å². The summed E-state index contributed by atoms with van der Waals surface area (Å²) in [7, 11) is 0. The van der Waals surface area contributed by atoms with E-state index in [2.05, 4.69) is 5.10 Å². The first kappa shape index (κ1) is 13.4. The van der Waals surface area contributed by atoms with Crippen LogP contribution in [0.15, 0.2) is 41.8 Å². The summed E-state index contributed by atoms with van der Waals surface area (Å²) in [5.41, 5.74) is -0.0739. The van der Waals surface area contributed by atoms with Crippen molar-refractivity contribution in [2.45, 2.75) is 0 Å². The van der Waals surface area contributed by atoms with Gasteiger partial charge in [0, 0.05) is 6.07 Å². The highest BCUT2D eigenvalue weighted by atomic mass is 32.1. The molecule has 0 radical (unpaired) electrons. The molecule has 2 heterocycles. The summed E-state index contributed by atoms with van der Waals surface area (Å²) >= 11 is 1.37. The van der Waals surface area contributed by atoms with Crippen molar-refractivity contribution in [2.24, 2.45) is 0 Å². The van der Waals surface area contributed by atoms with Gasteiger partial charge in [0.2, 0.25) is 0 Å². The van der Waals surface area contributed by atoms with Crippen LogP contribution >= 0.6 is 11.3 Å². The summed E-state index contributed by atoms with van der Waals surface area (Å²) in [6.07, 6.45) is 0. The van der Waals surface area contributed by atoms with Crippen molar-refractivity contribution in [3.8, 4) is 16.3 Å². The maximum atomic E-state index is 13.8. The number of thiophene rings is 1. The van der Waals surface area contributed by atoms with Crippen molar-refractivity contribution in [2.75, 3.05) is 0 Å². The van der Waals surface area contributed by atoms with Gasteiger partial charge in [-0.15, -0.1) is 11.3 Å². The highest BCUT2D eigenvalue weighted by Crippen LogP contribution is 2.26. The van der Waals surface area contributed by atoms with Crippen molar-refractivity contribution < 1.29 is 18.7 Å². The van der Waals surface area contributed by atoms with E-state index in [1.165, 1.54) is 17.4 Å². The minimum atomic E-state index is -1.49. The van der Waals surface area contributed by atoms with Crippen LogP contribution in [0.1, 0.15) is 10.5 Å². The number of halogens is 2. The second kappa shape index (κ2) is 5.10. The molecule has 0 aliphatic rings. The normalized spacial score (nSPS) is 10.8. The molecule has 106 valence electrons. The molecule has 0 atom stereocenters. The molecule has 0 saturated carbocycles.